The van der Waals surface area contributed by atoms with Gasteiger partial charge in [0.2, 0.25) is 10.0 Å². The number of rotatable bonds is 5. The Hall–Kier alpha value is -0.430. The fraction of sp³-hybridized carbons (Fsp3) is 0.692. The van der Waals surface area contributed by atoms with Crippen LogP contribution in [0.4, 0.5) is 0 Å². The number of hydrogen-bond donors (Lipinski definition) is 1. The summed E-state index contributed by atoms with van der Waals surface area (Å²) in [4.78, 5) is 1.45. The zero-order chi connectivity index (χ0) is 14.0. The highest BCUT2D eigenvalue weighted by Crippen LogP contribution is 2.32. The van der Waals surface area contributed by atoms with Crippen LogP contribution >= 0.6 is 11.3 Å². The molecule has 0 amide bonds. The zero-order valence-electron chi connectivity index (χ0n) is 11.8. The van der Waals surface area contributed by atoms with Gasteiger partial charge in [-0.25, -0.2) is 8.42 Å². The second-order valence-electron chi connectivity index (χ2n) is 5.13. The first-order valence-electron chi connectivity index (χ1n) is 6.72. The Morgan fingerprint density at radius 1 is 1.53 bits per heavy atom. The molecule has 2 rings (SSSR count). The maximum atomic E-state index is 12.8. The molecule has 1 aliphatic rings. The molecule has 1 aliphatic heterocycles. The predicted octanol–water partition coefficient (Wildman–Crippen LogP) is 2.20. The quantitative estimate of drug-likeness (QED) is 0.907. The van der Waals surface area contributed by atoms with E-state index < -0.39 is 10.0 Å². The molecule has 1 N–H and O–H groups in total. The lowest BCUT2D eigenvalue weighted by molar-refractivity contribution is 0.452. The first-order valence-corrected chi connectivity index (χ1v) is 9.04. The van der Waals surface area contributed by atoms with Gasteiger partial charge in [-0.2, -0.15) is 4.31 Å². The number of nitrogens with one attached hydrogen (secondary N) is 1. The van der Waals surface area contributed by atoms with Crippen LogP contribution in [-0.2, 0) is 16.6 Å². The molecule has 108 valence electrons. The molecule has 1 atom stereocenters. The van der Waals surface area contributed by atoms with E-state index in [0.29, 0.717) is 30.4 Å². The first kappa shape index (κ1) is 15.0. The van der Waals surface area contributed by atoms with Gasteiger partial charge in [-0.3, -0.25) is 0 Å². The van der Waals surface area contributed by atoms with E-state index in [1.807, 2.05) is 19.4 Å². The van der Waals surface area contributed by atoms with E-state index in [2.05, 4.69) is 12.2 Å². The molecule has 1 unspecified atom stereocenters. The summed E-state index contributed by atoms with van der Waals surface area (Å²) in [5.41, 5.74) is 0.871. The number of sulfonamides is 1. The maximum Gasteiger partial charge on any atom is 0.244 e. The van der Waals surface area contributed by atoms with Gasteiger partial charge in [0.15, 0.2) is 0 Å². The van der Waals surface area contributed by atoms with Gasteiger partial charge in [-0.15, -0.1) is 11.3 Å². The molecule has 0 bridgehead atoms. The van der Waals surface area contributed by atoms with Crippen LogP contribution in [0.25, 0.3) is 0 Å². The minimum absolute atomic E-state index is 0.515. The van der Waals surface area contributed by atoms with Crippen molar-refractivity contribution in [1.82, 2.24) is 9.62 Å². The highest BCUT2D eigenvalue weighted by atomic mass is 32.2. The second kappa shape index (κ2) is 5.91. The molecule has 0 aliphatic carbocycles. The molecule has 1 aromatic rings. The van der Waals surface area contributed by atoms with E-state index in [-0.39, 0.29) is 0 Å². The van der Waals surface area contributed by atoms with Gasteiger partial charge in [-0.05, 0) is 37.3 Å². The van der Waals surface area contributed by atoms with E-state index in [4.69, 9.17) is 0 Å². The Balaban J connectivity index is 2.32. The summed E-state index contributed by atoms with van der Waals surface area (Å²) in [5, 5.41) is 4.99. The van der Waals surface area contributed by atoms with Crippen LogP contribution in [0.15, 0.2) is 10.3 Å². The first-order chi connectivity index (χ1) is 9.00. The van der Waals surface area contributed by atoms with Gasteiger partial charge in [0.05, 0.1) is 0 Å². The van der Waals surface area contributed by atoms with E-state index in [1.165, 1.54) is 11.3 Å². The third kappa shape index (κ3) is 2.86. The van der Waals surface area contributed by atoms with Gasteiger partial charge >= 0.3 is 0 Å². The van der Waals surface area contributed by atoms with Crippen molar-refractivity contribution in [2.75, 3.05) is 20.1 Å². The van der Waals surface area contributed by atoms with Gasteiger partial charge in [0.1, 0.15) is 4.90 Å². The second-order valence-corrected chi connectivity index (χ2v) is 7.97. The summed E-state index contributed by atoms with van der Waals surface area (Å²) >= 11 is 1.52. The SMILES string of the molecule is CCC1CCN(S(=O)(=O)c2c(C)csc2CNC)C1. The molecule has 1 fully saturated rings. The topological polar surface area (TPSA) is 49.4 Å². The largest absolute Gasteiger partial charge is 0.315 e. The minimum Gasteiger partial charge on any atom is -0.315 e. The van der Waals surface area contributed by atoms with Crippen molar-refractivity contribution < 1.29 is 8.42 Å². The van der Waals surface area contributed by atoms with Crippen LogP contribution in [0.3, 0.4) is 0 Å². The lowest BCUT2D eigenvalue weighted by atomic mass is 10.1. The third-order valence-electron chi connectivity index (χ3n) is 3.75. The van der Waals surface area contributed by atoms with E-state index >= 15 is 0 Å². The van der Waals surface area contributed by atoms with Crippen LogP contribution in [0, 0.1) is 12.8 Å². The molecule has 0 aromatic carbocycles. The average molecular weight is 302 g/mol. The third-order valence-corrected chi connectivity index (χ3v) is 7.08. The molecule has 0 radical (unpaired) electrons. The number of thiophene rings is 1. The van der Waals surface area contributed by atoms with Gasteiger partial charge in [-0.1, -0.05) is 13.3 Å². The molecule has 1 aromatic heterocycles. The van der Waals surface area contributed by atoms with Crippen molar-refractivity contribution in [1.29, 1.82) is 0 Å². The van der Waals surface area contributed by atoms with Crippen molar-refractivity contribution in [3.8, 4) is 0 Å². The van der Waals surface area contributed by atoms with Gasteiger partial charge in [0.25, 0.3) is 0 Å². The number of hydrogen-bond acceptors (Lipinski definition) is 4. The standard InChI is InChI=1S/C13H22N2O2S2/c1-4-11-5-6-15(8-11)19(16,17)13-10(2)9-18-12(13)7-14-3/h9,11,14H,4-8H2,1-3H3. The van der Waals surface area contributed by atoms with Gasteiger partial charge < -0.3 is 5.32 Å². The van der Waals surface area contributed by atoms with Crippen LogP contribution in [-0.4, -0.2) is 32.9 Å². The summed E-state index contributed by atoms with van der Waals surface area (Å²) in [6.45, 7) is 5.96. The van der Waals surface area contributed by atoms with Crippen molar-refractivity contribution in [3.63, 3.8) is 0 Å². The molecule has 0 saturated carbocycles. The lowest BCUT2D eigenvalue weighted by Gasteiger charge is -2.17. The molecule has 1 saturated heterocycles. The summed E-state index contributed by atoms with van der Waals surface area (Å²) in [7, 11) is -1.48. The van der Waals surface area contributed by atoms with Crippen molar-refractivity contribution >= 4 is 21.4 Å². The minimum atomic E-state index is -3.32. The molecule has 6 heteroatoms. The van der Waals surface area contributed by atoms with E-state index in [9.17, 15) is 8.42 Å². The van der Waals surface area contributed by atoms with Crippen molar-refractivity contribution in [3.05, 3.63) is 15.8 Å². The number of aryl methyl sites for hydroxylation is 1. The van der Waals surface area contributed by atoms with Gasteiger partial charge in [0, 0.05) is 24.5 Å². The average Bonchev–Trinajstić information content (AvgIpc) is 2.97. The molecular weight excluding hydrogens is 280 g/mol. The maximum absolute atomic E-state index is 12.8. The normalized spacial score (nSPS) is 21.1. The fourth-order valence-corrected chi connectivity index (χ4v) is 5.90. The zero-order valence-corrected chi connectivity index (χ0v) is 13.4. The van der Waals surface area contributed by atoms with Crippen LogP contribution < -0.4 is 5.32 Å². The van der Waals surface area contributed by atoms with Crippen LogP contribution in [0.1, 0.15) is 30.2 Å². The van der Waals surface area contributed by atoms with Crippen molar-refractivity contribution in [2.45, 2.75) is 38.1 Å². The molecule has 19 heavy (non-hydrogen) atoms. The Labute approximate surface area is 119 Å². The Morgan fingerprint density at radius 2 is 2.26 bits per heavy atom. The summed E-state index contributed by atoms with van der Waals surface area (Å²) in [6, 6.07) is 0. The Bertz CT molecular complexity index is 537. The molecule has 4 nitrogen and oxygen atoms in total. The summed E-state index contributed by atoms with van der Waals surface area (Å²) in [5.74, 6) is 0.515. The Kier molecular flexibility index (Phi) is 4.66. The van der Waals surface area contributed by atoms with E-state index in [0.717, 1.165) is 23.3 Å². The van der Waals surface area contributed by atoms with Crippen LogP contribution in [0.2, 0.25) is 0 Å². The molecular formula is C13H22N2O2S2. The van der Waals surface area contributed by atoms with Crippen molar-refractivity contribution in [2.24, 2.45) is 5.92 Å². The number of nitrogens with zero attached hydrogens (tertiary/aromatic N) is 1. The smallest absolute Gasteiger partial charge is 0.244 e. The fourth-order valence-electron chi connectivity index (χ4n) is 2.59. The molecule has 2 heterocycles. The van der Waals surface area contributed by atoms with E-state index in [1.54, 1.807) is 4.31 Å². The monoisotopic (exact) mass is 302 g/mol. The summed E-state index contributed by atoms with van der Waals surface area (Å²) in [6.07, 6.45) is 2.04. The molecule has 0 spiro atoms. The Morgan fingerprint density at radius 3 is 2.84 bits per heavy atom. The lowest BCUT2D eigenvalue weighted by Crippen LogP contribution is -2.30. The van der Waals surface area contributed by atoms with Crippen LogP contribution in [0.5, 0.6) is 0 Å². The highest BCUT2D eigenvalue weighted by molar-refractivity contribution is 7.89. The highest BCUT2D eigenvalue weighted by Gasteiger charge is 2.34. The summed E-state index contributed by atoms with van der Waals surface area (Å²) < 4.78 is 27.2. The predicted molar refractivity (Wildman–Crippen MR) is 79.0 cm³/mol.